The molecule has 4 rings (SSSR count). The zero-order valence-electron chi connectivity index (χ0n) is 16.9. The van der Waals surface area contributed by atoms with Crippen molar-refractivity contribution in [2.75, 3.05) is 6.54 Å². The topological polar surface area (TPSA) is 135 Å². The Hall–Kier alpha value is -2.27. The van der Waals surface area contributed by atoms with Crippen molar-refractivity contribution in [1.82, 2.24) is 20.2 Å². The number of nitrogens with two attached hydrogens (primary N) is 1. The molecule has 2 amide bonds. The van der Waals surface area contributed by atoms with E-state index in [0.29, 0.717) is 17.9 Å². The number of halogens is 2. The van der Waals surface area contributed by atoms with Crippen molar-refractivity contribution in [3.63, 3.8) is 0 Å². The van der Waals surface area contributed by atoms with Crippen LogP contribution in [0.1, 0.15) is 25.1 Å². The minimum absolute atomic E-state index is 0.0290. The molecule has 0 bridgehead atoms. The van der Waals surface area contributed by atoms with Gasteiger partial charge >= 0.3 is 0 Å². The zero-order chi connectivity index (χ0) is 23.1. The Morgan fingerprint density at radius 1 is 1.19 bits per heavy atom. The first-order chi connectivity index (χ1) is 15.1. The van der Waals surface area contributed by atoms with Gasteiger partial charge in [-0.15, -0.1) is 0 Å². The zero-order valence-corrected chi connectivity index (χ0v) is 19.2. The number of nitrogens with one attached hydrogen (secondary N) is 1. The highest BCUT2D eigenvalue weighted by Crippen LogP contribution is 2.34. The molecule has 1 aliphatic carbocycles. The van der Waals surface area contributed by atoms with E-state index in [-0.39, 0.29) is 35.1 Å². The van der Waals surface area contributed by atoms with E-state index in [4.69, 9.17) is 28.9 Å². The summed E-state index contributed by atoms with van der Waals surface area (Å²) >= 11 is 11.9. The monoisotopic (exact) mass is 497 g/mol. The summed E-state index contributed by atoms with van der Waals surface area (Å²) in [4.78, 5) is 35.2. The molecule has 2 fully saturated rings. The first-order valence-corrected chi connectivity index (χ1v) is 12.2. The van der Waals surface area contributed by atoms with Crippen LogP contribution >= 0.6 is 23.2 Å². The molecule has 1 saturated heterocycles. The molecule has 2 aliphatic rings. The molecule has 1 aromatic carbocycles. The predicted molar refractivity (Wildman–Crippen MR) is 118 cm³/mol. The van der Waals surface area contributed by atoms with Crippen LogP contribution in [0, 0.1) is 0 Å². The van der Waals surface area contributed by atoms with Crippen LogP contribution in [0.3, 0.4) is 0 Å². The standard InChI is InChI=1S/C20H21Cl2N5O4S/c21-12-9-24-17(25-10-12)8-18(28)27-11-13(7-15(27)19(29)26-20(23)5-6-20)32(30,31)16-4-2-1-3-14(16)22/h1-4,9-10,13,15H,5-8,11,23H2,(H,26,29)/t13-,15+/m1/s1. The fourth-order valence-electron chi connectivity index (χ4n) is 3.66. The quantitative estimate of drug-likeness (QED) is 0.574. The maximum Gasteiger partial charge on any atom is 0.244 e. The van der Waals surface area contributed by atoms with Crippen molar-refractivity contribution < 1.29 is 18.0 Å². The third-order valence-electron chi connectivity index (χ3n) is 5.61. The summed E-state index contributed by atoms with van der Waals surface area (Å²) in [7, 11) is -3.89. The van der Waals surface area contributed by atoms with Crippen LogP contribution in [0.5, 0.6) is 0 Å². The van der Waals surface area contributed by atoms with Crippen LogP contribution < -0.4 is 11.1 Å². The van der Waals surface area contributed by atoms with Crippen molar-refractivity contribution >= 4 is 44.9 Å². The van der Waals surface area contributed by atoms with E-state index in [0.717, 1.165) is 0 Å². The van der Waals surface area contributed by atoms with Crippen molar-refractivity contribution in [3.05, 3.63) is 52.5 Å². The van der Waals surface area contributed by atoms with Gasteiger partial charge in [-0.1, -0.05) is 35.3 Å². The molecule has 32 heavy (non-hydrogen) atoms. The molecule has 170 valence electrons. The predicted octanol–water partition coefficient (Wildman–Crippen LogP) is 1.33. The molecule has 12 heteroatoms. The fourth-order valence-corrected chi connectivity index (χ4v) is 5.97. The van der Waals surface area contributed by atoms with Crippen LogP contribution in [-0.2, 0) is 25.8 Å². The Balaban J connectivity index is 1.60. The minimum Gasteiger partial charge on any atom is -0.336 e. The summed E-state index contributed by atoms with van der Waals surface area (Å²) in [6.07, 6.45) is 3.71. The van der Waals surface area contributed by atoms with Gasteiger partial charge in [0.25, 0.3) is 0 Å². The van der Waals surface area contributed by atoms with Gasteiger partial charge in [-0.2, -0.15) is 0 Å². The second-order valence-electron chi connectivity index (χ2n) is 8.03. The maximum absolute atomic E-state index is 13.3. The molecule has 3 N–H and O–H groups in total. The molecule has 1 aliphatic heterocycles. The number of likely N-dealkylation sites (tertiary alicyclic amines) is 1. The highest BCUT2D eigenvalue weighted by Gasteiger charge is 2.48. The van der Waals surface area contributed by atoms with Crippen LogP contribution in [0.15, 0.2) is 41.6 Å². The third kappa shape index (κ3) is 4.73. The Labute approximate surface area is 195 Å². The second-order valence-corrected chi connectivity index (χ2v) is 11.1. The number of sulfone groups is 1. The van der Waals surface area contributed by atoms with E-state index in [9.17, 15) is 18.0 Å². The van der Waals surface area contributed by atoms with Gasteiger partial charge in [0.05, 0.1) is 32.3 Å². The smallest absolute Gasteiger partial charge is 0.244 e. The molecule has 0 radical (unpaired) electrons. The highest BCUT2D eigenvalue weighted by atomic mass is 35.5. The summed E-state index contributed by atoms with van der Waals surface area (Å²) in [5.41, 5.74) is 5.20. The number of hydrogen-bond donors (Lipinski definition) is 2. The van der Waals surface area contributed by atoms with Gasteiger partial charge in [0, 0.05) is 18.9 Å². The van der Waals surface area contributed by atoms with Crippen LogP contribution in [-0.4, -0.2) is 58.6 Å². The summed E-state index contributed by atoms with van der Waals surface area (Å²) in [6.45, 7) is -0.157. The molecule has 1 aromatic heterocycles. The number of rotatable bonds is 6. The van der Waals surface area contributed by atoms with E-state index in [1.807, 2.05) is 0 Å². The third-order valence-corrected chi connectivity index (χ3v) is 8.44. The summed E-state index contributed by atoms with van der Waals surface area (Å²) in [5, 5.41) is 2.14. The van der Waals surface area contributed by atoms with E-state index in [1.165, 1.54) is 29.4 Å². The molecule has 2 aromatic rings. The first kappa shape index (κ1) is 22.9. The van der Waals surface area contributed by atoms with Gasteiger partial charge in [-0.3, -0.25) is 9.59 Å². The number of carbonyl (C=O) groups is 2. The van der Waals surface area contributed by atoms with Gasteiger partial charge in [-0.05, 0) is 31.4 Å². The number of carbonyl (C=O) groups excluding carboxylic acids is 2. The number of benzene rings is 1. The van der Waals surface area contributed by atoms with Gasteiger partial charge in [0.15, 0.2) is 9.84 Å². The Morgan fingerprint density at radius 2 is 1.84 bits per heavy atom. The lowest BCUT2D eigenvalue weighted by Crippen LogP contribution is -2.52. The summed E-state index contributed by atoms with van der Waals surface area (Å²) in [6, 6.07) is 5.12. The summed E-state index contributed by atoms with van der Waals surface area (Å²) < 4.78 is 26.5. The van der Waals surface area contributed by atoms with E-state index in [2.05, 4.69) is 15.3 Å². The molecule has 2 atom stereocenters. The lowest BCUT2D eigenvalue weighted by molar-refractivity contribution is -0.138. The lowest BCUT2D eigenvalue weighted by atomic mass is 10.2. The molecule has 2 heterocycles. The summed E-state index contributed by atoms with van der Waals surface area (Å²) in [5.74, 6) is -0.730. The van der Waals surface area contributed by atoms with E-state index >= 15 is 0 Å². The number of nitrogens with zero attached hydrogens (tertiary/aromatic N) is 3. The molecule has 9 nitrogen and oxygen atoms in total. The molecule has 0 unspecified atom stereocenters. The number of hydrogen-bond acceptors (Lipinski definition) is 7. The van der Waals surface area contributed by atoms with Crippen molar-refractivity contribution in [1.29, 1.82) is 0 Å². The Morgan fingerprint density at radius 3 is 2.47 bits per heavy atom. The molecule has 1 saturated carbocycles. The van der Waals surface area contributed by atoms with Crippen LogP contribution in [0.4, 0.5) is 0 Å². The first-order valence-electron chi connectivity index (χ1n) is 9.94. The number of aromatic nitrogens is 2. The van der Waals surface area contributed by atoms with Gasteiger partial charge in [0.1, 0.15) is 11.9 Å². The van der Waals surface area contributed by atoms with Crippen LogP contribution in [0.2, 0.25) is 10.0 Å². The van der Waals surface area contributed by atoms with Gasteiger partial charge in [-0.25, -0.2) is 18.4 Å². The van der Waals surface area contributed by atoms with Crippen molar-refractivity contribution in [2.24, 2.45) is 5.73 Å². The molecular formula is C20H21Cl2N5O4S. The van der Waals surface area contributed by atoms with E-state index in [1.54, 1.807) is 12.1 Å². The fraction of sp³-hybridized carbons (Fsp3) is 0.400. The minimum atomic E-state index is -3.89. The SMILES string of the molecule is NC1(NC(=O)[C@@H]2C[C@@H](S(=O)(=O)c3ccccc3Cl)CN2C(=O)Cc2ncc(Cl)cn2)CC1. The normalized spacial score (nSPS) is 21.9. The highest BCUT2D eigenvalue weighted by molar-refractivity contribution is 7.92. The van der Waals surface area contributed by atoms with Crippen LogP contribution in [0.25, 0.3) is 0 Å². The lowest BCUT2D eigenvalue weighted by Gasteiger charge is -2.25. The maximum atomic E-state index is 13.3. The Kier molecular flexibility index (Phi) is 6.15. The average molecular weight is 498 g/mol. The Bertz CT molecular complexity index is 1150. The number of amides is 2. The molecular weight excluding hydrogens is 477 g/mol. The van der Waals surface area contributed by atoms with Crippen molar-refractivity contribution in [3.8, 4) is 0 Å². The van der Waals surface area contributed by atoms with Crippen molar-refractivity contribution in [2.45, 2.75) is 47.5 Å². The van der Waals surface area contributed by atoms with Gasteiger partial charge < -0.3 is 16.0 Å². The average Bonchev–Trinajstić information content (AvgIpc) is 3.28. The second kappa shape index (κ2) is 8.58. The molecule has 0 spiro atoms. The largest absolute Gasteiger partial charge is 0.336 e. The van der Waals surface area contributed by atoms with E-state index < -0.39 is 38.6 Å². The van der Waals surface area contributed by atoms with Gasteiger partial charge in [0.2, 0.25) is 11.8 Å².